The molecule has 0 saturated carbocycles. The van der Waals surface area contributed by atoms with Crippen LogP contribution in [0.1, 0.15) is 19.3 Å². The molecule has 0 aromatic rings. The van der Waals surface area contributed by atoms with Gasteiger partial charge >= 0.3 is 0 Å². The molecule has 172 valence electrons. The number of likely N-dealkylation sites (N-methyl/N-ethyl adjacent to an activating group) is 2. The first kappa shape index (κ1) is 25.1. The van der Waals surface area contributed by atoms with Gasteiger partial charge in [0, 0.05) is 59.3 Å². The topological polar surface area (TPSA) is 80.7 Å². The Morgan fingerprint density at radius 2 is 1.80 bits per heavy atom. The number of piperazine rings is 1. The number of aliphatic imine (C=N–C) groups is 1. The van der Waals surface area contributed by atoms with Crippen molar-refractivity contribution in [3.63, 3.8) is 0 Å². The number of ether oxygens (including phenoxy) is 1. The first-order valence-electron chi connectivity index (χ1n) is 10.8. The molecule has 2 amide bonds. The average molecular weight is 536 g/mol. The molecule has 2 atom stereocenters. The predicted molar refractivity (Wildman–Crippen MR) is 127 cm³/mol. The van der Waals surface area contributed by atoms with Crippen molar-refractivity contribution in [3.8, 4) is 0 Å². The highest BCUT2D eigenvalue weighted by Crippen LogP contribution is 2.18. The Labute approximate surface area is 197 Å². The summed E-state index contributed by atoms with van der Waals surface area (Å²) in [5, 5.41) is 3.45. The van der Waals surface area contributed by atoms with Crippen molar-refractivity contribution < 1.29 is 14.3 Å². The zero-order chi connectivity index (χ0) is 20.8. The number of hydrogen-bond acceptors (Lipinski definition) is 5. The summed E-state index contributed by atoms with van der Waals surface area (Å²) in [7, 11) is 5.52. The monoisotopic (exact) mass is 536 g/mol. The quantitative estimate of drug-likeness (QED) is 0.301. The second-order valence-corrected chi connectivity index (χ2v) is 8.49. The van der Waals surface area contributed by atoms with Crippen molar-refractivity contribution in [1.29, 1.82) is 0 Å². The highest BCUT2D eigenvalue weighted by atomic mass is 127. The Morgan fingerprint density at radius 3 is 2.37 bits per heavy atom. The maximum absolute atomic E-state index is 12.8. The number of rotatable bonds is 5. The van der Waals surface area contributed by atoms with Crippen LogP contribution in [-0.4, -0.2) is 124 Å². The maximum atomic E-state index is 12.8. The van der Waals surface area contributed by atoms with Crippen molar-refractivity contribution in [2.45, 2.75) is 25.3 Å². The Bertz CT molecular complexity index is 603. The normalized spacial score (nSPS) is 25.2. The van der Waals surface area contributed by atoms with Gasteiger partial charge in [-0.1, -0.05) is 0 Å². The summed E-state index contributed by atoms with van der Waals surface area (Å²) in [6, 6.07) is 0.0351. The molecular formula is C20H37IN6O3. The minimum atomic E-state index is -0.0217. The van der Waals surface area contributed by atoms with Crippen molar-refractivity contribution in [1.82, 2.24) is 24.9 Å². The van der Waals surface area contributed by atoms with Crippen LogP contribution in [0.25, 0.3) is 0 Å². The molecule has 0 bridgehead atoms. The molecule has 3 aliphatic heterocycles. The summed E-state index contributed by atoms with van der Waals surface area (Å²) in [5.74, 6) is 1.47. The molecular weight excluding hydrogens is 499 g/mol. The number of halogens is 1. The van der Waals surface area contributed by atoms with Crippen LogP contribution in [0, 0.1) is 5.92 Å². The van der Waals surface area contributed by atoms with Gasteiger partial charge in [-0.2, -0.15) is 0 Å². The van der Waals surface area contributed by atoms with Crippen molar-refractivity contribution >= 4 is 41.8 Å². The molecule has 9 nitrogen and oxygen atoms in total. The minimum absolute atomic E-state index is 0. The van der Waals surface area contributed by atoms with E-state index < -0.39 is 0 Å². The van der Waals surface area contributed by atoms with Crippen molar-refractivity contribution in [3.05, 3.63) is 0 Å². The van der Waals surface area contributed by atoms with E-state index in [4.69, 9.17) is 4.74 Å². The lowest BCUT2D eigenvalue weighted by Gasteiger charge is -2.38. The summed E-state index contributed by atoms with van der Waals surface area (Å²) < 4.78 is 5.46. The van der Waals surface area contributed by atoms with Crippen LogP contribution in [0.4, 0.5) is 0 Å². The fraction of sp³-hybridized carbons (Fsp3) is 0.850. The Morgan fingerprint density at radius 1 is 1.10 bits per heavy atom. The van der Waals surface area contributed by atoms with Gasteiger partial charge in [0.1, 0.15) is 6.54 Å². The Balaban J connectivity index is 0.00000320. The summed E-state index contributed by atoms with van der Waals surface area (Å²) in [5.41, 5.74) is 0. The number of guanidine groups is 1. The molecule has 0 aromatic heterocycles. The van der Waals surface area contributed by atoms with Gasteiger partial charge in [0.25, 0.3) is 0 Å². The highest BCUT2D eigenvalue weighted by molar-refractivity contribution is 14.0. The first-order valence-corrected chi connectivity index (χ1v) is 10.8. The Hall–Kier alpha value is -1.14. The zero-order valence-electron chi connectivity index (χ0n) is 18.5. The standard InChI is InChI=1S/C20H36N6O3.HI/c1-23(2)18(27)14-22-20(21-13-16-6-12-29-15-16)26-10-8-25(9-11-26)19(28)17-5-4-7-24(17)3;/h16-17H,4-15H2,1-3H3,(H,21,22);1H. The molecule has 30 heavy (non-hydrogen) atoms. The second-order valence-electron chi connectivity index (χ2n) is 8.49. The van der Waals surface area contributed by atoms with Gasteiger partial charge in [0.2, 0.25) is 11.8 Å². The maximum Gasteiger partial charge on any atom is 0.243 e. The van der Waals surface area contributed by atoms with E-state index in [2.05, 4.69) is 20.1 Å². The average Bonchev–Trinajstić information content (AvgIpc) is 3.39. The van der Waals surface area contributed by atoms with Crippen LogP contribution >= 0.6 is 24.0 Å². The largest absolute Gasteiger partial charge is 0.381 e. The zero-order valence-corrected chi connectivity index (χ0v) is 20.8. The molecule has 0 spiro atoms. The van der Waals surface area contributed by atoms with E-state index >= 15 is 0 Å². The lowest BCUT2D eigenvalue weighted by atomic mass is 10.1. The first-order chi connectivity index (χ1) is 14.0. The summed E-state index contributed by atoms with van der Waals surface area (Å²) in [6.07, 6.45) is 3.10. The second kappa shape index (κ2) is 12.0. The molecule has 10 heteroatoms. The lowest BCUT2D eigenvalue weighted by molar-refractivity contribution is -0.136. The van der Waals surface area contributed by atoms with Crippen LogP contribution in [0.5, 0.6) is 0 Å². The van der Waals surface area contributed by atoms with Crippen LogP contribution in [-0.2, 0) is 14.3 Å². The molecule has 3 heterocycles. The Kier molecular flexibility index (Phi) is 10.1. The van der Waals surface area contributed by atoms with Gasteiger partial charge in [0.15, 0.2) is 5.96 Å². The molecule has 0 aliphatic carbocycles. The van der Waals surface area contributed by atoms with Gasteiger partial charge < -0.3 is 24.8 Å². The van der Waals surface area contributed by atoms with E-state index in [9.17, 15) is 9.59 Å². The minimum Gasteiger partial charge on any atom is -0.381 e. The highest BCUT2D eigenvalue weighted by Gasteiger charge is 2.33. The summed E-state index contributed by atoms with van der Waals surface area (Å²) in [6.45, 7) is 6.35. The smallest absolute Gasteiger partial charge is 0.243 e. The van der Waals surface area contributed by atoms with E-state index in [0.717, 1.165) is 64.6 Å². The van der Waals surface area contributed by atoms with E-state index in [-0.39, 0.29) is 48.4 Å². The molecule has 2 unspecified atom stereocenters. The van der Waals surface area contributed by atoms with Crippen molar-refractivity contribution in [2.75, 3.05) is 80.2 Å². The third-order valence-corrected chi connectivity index (χ3v) is 6.13. The fourth-order valence-electron chi connectivity index (χ4n) is 4.10. The van der Waals surface area contributed by atoms with Gasteiger partial charge in [-0.25, -0.2) is 4.99 Å². The molecule has 3 saturated heterocycles. The third-order valence-electron chi connectivity index (χ3n) is 6.13. The number of nitrogens with zero attached hydrogens (tertiary/aromatic N) is 5. The number of carbonyl (C=O) groups is 2. The van der Waals surface area contributed by atoms with Gasteiger partial charge in [-0.15, -0.1) is 24.0 Å². The van der Waals surface area contributed by atoms with Crippen LogP contribution in [0.15, 0.2) is 4.99 Å². The van der Waals surface area contributed by atoms with Crippen LogP contribution in [0.3, 0.4) is 0 Å². The van der Waals surface area contributed by atoms with Gasteiger partial charge in [-0.3, -0.25) is 14.5 Å². The number of nitrogens with one attached hydrogen (secondary N) is 1. The van der Waals surface area contributed by atoms with E-state index in [1.54, 1.807) is 19.0 Å². The fourth-order valence-corrected chi connectivity index (χ4v) is 4.10. The molecule has 3 fully saturated rings. The van der Waals surface area contributed by atoms with E-state index in [1.165, 1.54) is 0 Å². The van der Waals surface area contributed by atoms with Crippen molar-refractivity contribution in [2.24, 2.45) is 10.9 Å². The molecule has 0 aromatic carbocycles. The summed E-state index contributed by atoms with van der Waals surface area (Å²) >= 11 is 0. The number of carbonyl (C=O) groups excluding carboxylic acids is 2. The predicted octanol–water partition coefficient (Wildman–Crippen LogP) is -0.0869. The SMILES string of the molecule is CN(C)C(=O)CN=C(NCC1CCOC1)N1CCN(C(=O)C2CCCN2C)CC1.I. The van der Waals surface area contributed by atoms with E-state index in [1.807, 2.05) is 11.9 Å². The number of likely N-dealkylation sites (tertiary alicyclic amines) is 1. The van der Waals surface area contributed by atoms with Crippen LogP contribution < -0.4 is 5.32 Å². The number of hydrogen-bond donors (Lipinski definition) is 1. The van der Waals surface area contributed by atoms with Gasteiger partial charge in [0.05, 0.1) is 12.6 Å². The van der Waals surface area contributed by atoms with Crippen LogP contribution in [0.2, 0.25) is 0 Å². The third kappa shape index (κ3) is 6.68. The molecule has 3 rings (SSSR count). The van der Waals surface area contributed by atoms with Gasteiger partial charge in [-0.05, 0) is 32.9 Å². The molecule has 0 radical (unpaired) electrons. The molecule has 1 N–H and O–H groups in total. The number of amides is 2. The molecule has 3 aliphatic rings. The summed E-state index contributed by atoms with van der Waals surface area (Å²) in [4.78, 5) is 37.3. The lowest BCUT2D eigenvalue weighted by Crippen LogP contribution is -2.56. The van der Waals surface area contributed by atoms with E-state index in [0.29, 0.717) is 19.0 Å².